The summed E-state index contributed by atoms with van der Waals surface area (Å²) < 4.78 is 10.4. The summed E-state index contributed by atoms with van der Waals surface area (Å²) in [4.78, 5) is 22.2. The fraction of sp³-hybridized carbons (Fsp3) is 0.357. The van der Waals surface area contributed by atoms with Gasteiger partial charge in [-0.25, -0.2) is 4.98 Å². The molecule has 0 saturated heterocycles. The number of amides is 1. The first-order valence-corrected chi connectivity index (χ1v) is 7.16. The monoisotopic (exact) mass is 307 g/mol. The van der Waals surface area contributed by atoms with E-state index in [1.165, 1.54) is 11.3 Å². The molecule has 0 aromatic carbocycles. The van der Waals surface area contributed by atoms with Crippen LogP contribution < -0.4 is 10.1 Å². The van der Waals surface area contributed by atoms with Gasteiger partial charge in [0, 0.05) is 13.7 Å². The predicted molar refractivity (Wildman–Crippen MR) is 81.9 cm³/mol. The summed E-state index contributed by atoms with van der Waals surface area (Å²) in [6.07, 6.45) is 1.64. The maximum absolute atomic E-state index is 12.1. The number of nitrogens with zero attached hydrogens (tertiary/aromatic N) is 2. The highest BCUT2D eigenvalue weighted by molar-refractivity contribution is 7.20. The molecule has 0 aliphatic rings. The van der Waals surface area contributed by atoms with Crippen molar-refractivity contribution in [1.82, 2.24) is 15.3 Å². The molecule has 0 atom stereocenters. The summed E-state index contributed by atoms with van der Waals surface area (Å²) in [6.45, 7) is 6.16. The Morgan fingerprint density at radius 3 is 2.81 bits per heavy atom. The number of ether oxygens (including phenoxy) is 2. The molecule has 2 aromatic heterocycles. The molecule has 1 amide bonds. The number of hydrogen-bond donors (Lipinski definition) is 1. The molecular weight excluding hydrogens is 290 g/mol. The summed E-state index contributed by atoms with van der Waals surface area (Å²) in [5.41, 5.74) is 0.817. The van der Waals surface area contributed by atoms with Gasteiger partial charge in [-0.1, -0.05) is 6.08 Å². The molecule has 0 unspecified atom stereocenters. The van der Waals surface area contributed by atoms with Crippen LogP contribution in [0.2, 0.25) is 0 Å². The number of fused-ring (bicyclic) bond motifs is 1. The van der Waals surface area contributed by atoms with Gasteiger partial charge in [0.05, 0.1) is 17.4 Å². The van der Waals surface area contributed by atoms with E-state index >= 15 is 0 Å². The summed E-state index contributed by atoms with van der Waals surface area (Å²) >= 11 is 1.32. The lowest BCUT2D eigenvalue weighted by Gasteiger charge is -2.05. The number of carbonyl (C=O) groups excluding carboxylic acids is 1. The Kier molecular flexibility index (Phi) is 4.87. The van der Waals surface area contributed by atoms with E-state index in [2.05, 4.69) is 21.9 Å². The van der Waals surface area contributed by atoms with Crippen molar-refractivity contribution in [1.29, 1.82) is 0 Å². The molecule has 2 aromatic rings. The highest BCUT2D eigenvalue weighted by atomic mass is 32.1. The number of aryl methyl sites for hydroxylation is 1. The van der Waals surface area contributed by atoms with Crippen LogP contribution in [0.1, 0.15) is 21.1 Å². The minimum Gasteiger partial charge on any atom is -0.480 e. The fourth-order valence-electron chi connectivity index (χ4n) is 1.95. The third-order valence-electron chi connectivity index (χ3n) is 2.88. The minimum atomic E-state index is -0.147. The third-order valence-corrected chi connectivity index (χ3v) is 4.07. The molecule has 112 valence electrons. The Hall–Kier alpha value is -1.99. The van der Waals surface area contributed by atoms with Gasteiger partial charge in [0.2, 0.25) is 5.88 Å². The second kappa shape index (κ2) is 6.64. The van der Waals surface area contributed by atoms with E-state index in [4.69, 9.17) is 9.47 Å². The van der Waals surface area contributed by atoms with Gasteiger partial charge in [-0.3, -0.25) is 4.79 Å². The van der Waals surface area contributed by atoms with Crippen molar-refractivity contribution in [2.24, 2.45) is 0 Å². The second-order valence-corrected chi connectivity index (χ2v) is 5.32. The number of nitrogens with one attached hydrogen (secondary N) is 1. The minimum absolute atomic E-state index is 0.147. The van der Waals surface area contributed by atoms with E-state index in [-0.39, 0.29) is 5.91 Å². The molecule has 0 bridgehead atoms. The van der Waals surface area contributed by atoms with Gasteiger partial charge in [0.1, 0.15) is 11.4 Å². The van der Waals surface area contributed by atoms with E-state index in [0.29, 0.717) is 29.7 Å². The summed E-state index contributed by atoms with van der Waals surface area (Å²) in [7, 11) is 3.13. The molecule has 2 heterocycles. The van der Waals surface area contributed by atoms with Crippen molar-refractivity contribution < 1.29 is 14.3 Å². The topological polar surface area (TPSA) is 73.3 Å². The first-order chi connectivity index (χ1) is 10.1. The fourth-order valence-corrected chi connectivity index (χ4v) is 3.05. The van der Waals surface area contributed by atoms with E-state index < -0.39 is 0 Å². The van der Waals surface area contributed by atoms with Gasteiger partial charge in [-0.2, -0.15) is 4.98 Å². The number of aromatic nitrogens is 2. The Morgan fingerprint density at radius 2 is 2.19 bits per heavy atom. The van der Waals surface area contributed by atoms with Crippen LogP contribution in [0.25, 0.3) is 10.2 Å². The maximum atomic E-state index is 12.1. The van der Waals surface area contributed by atoms with E-state index in [9.17, 15) is 4.79 Å². The van der Waals surface area contributed by atoms with Gasteiger partial charge >= 0.3 is 0 Å². The molecular formula is C14H17N3O3S. The zero-order valence-electron chi connectivity index (χ0n) is 12.2. The van der Waals surface area contributed by atoms with Gasteiger partial charge in [-0.15, -0.1) is 17.9 Å². The number of carbonyl (C=O) groups is 1. The summed E-state index contributed by atoms with van der Waals surface area (Å²) in [5, 5.41) is 3.54. The average Bonchev–Trinajstić information content (AvgIpc) is 2.81. The Labute approximate surface area is 126 Å². The third kappa shape index (κ3) is 3.03. The lowest BCUT2D eigenvalue weighted by Crippen LogP contribution is -2.22. The quantitative estimate of drug-likeness (QED) is 0.827. The standard InChI is InChI=1S/C14H17N3O3S/c1-5-6-15-12(18)11-8(2)10-13(20-4)16-9(7-19-3)17-14(10)21-11/h5H,1,6-7H2,2-4H3,(H,15,18). The van der Waals surface area contributed by atoms with Crippen LogP contribution in [-0.2, 0) is 11.3 Å². The van der Waals surface area contributed by atoms with Crippen LogP contribution in [0.4, 0.5) is 0 Å². The molecule has 2 rings (SSSR count). The molecule has 0 aliphatic carbocycles. The van der Waals surface area contributed by atoms with Crippen molar-refractivity contribution in [2.45, 2.75) is 13.5 Å². The first kappa shape index (κ1) is 15.4. The normalized spacial score (nSPS) is 10.6. The van der Waals surface area contributed by atoms with Gasteiger partial charge in [-0.05, 0) is 12.5 Å². The molecule has 7 heteroatoms. The summed E-state index contributed by atoms with van der Waals surface area (Å²) in [6, 6.07) is 0. The van der Waals surface area contributed by atoms with E-state index in [0.717, 1.165) is 15.8 Å². The Balaban J connectivity index is 2.53. The number of hydrogen-bond acceptors (Lipinski definition) is 6. The van der Waals surface area contributed by atoms with Gasteiger partial charge in [0.25, 0.3) is 5.91 Å². The van der Waals surface area contributed by atoms with Crippen molar-refractivity contribution >= 4 is 27.5 Å². The first-order valence-electron chi connectivity index (χ1n) is 6.34. The van der Waals surface area contributed by atoms with Crippen molar-refractivity contribution in [2.75, 3.05) is 20.8 Å². The SMILES string of the molecule is C=CCNC(=O)c1sc2nc(COC)nc(OC)c2c1C. The van der Waals surface area contributed by atoms with Crippen molar-refractivity contribution in [3.8, 4) is 5.88 Å². The van der Waals surface area contributed by atoms with Crippen LogP contribution in [0.15, 0.2) is 12.7 Å². The van der Waals surface area contributed by atoms with Gasteiger partial charge in [0.15, 0.2) is 5.82 Å². The Bertz CT molecular complexity index is 682. The van der Waals surface area contributed by atoms with Crippen molar-refractivity contribution in [3.05, 3.63) is 28.9 Å². The Morgan fingerprint density at radius 1 is 1.43 bits per heavy atom. The maximum Gasteiger partial charge on any atom is 0.261 e. The smallest absolute Gasteiger partial charge is 0.261 e. The lowest BCUT2D eigenvalue weighted by atomic mass is 10.2. The lowest BCUT2D eigenvalue weighted by molar-refractivity contribution is 0.0961. The molecule has 6 nitrogen and oxygen atoms in total. The predicted octanol–water partition coefficient (Wildman–Crippen LogP) is 2.07. The number of methoxy groups -OCH3 is 2. The van der Waals surface area contributed by atoms with Crippen LogP contribution in [0, 0.1) is 6.92 Å². The molecule has 0 fully saturated rings. The highest BCUT2D eigenvalue weighted by Gasteiger charge is 2.20. The second-order valence-electron chi connectivity index (χ2n) is 4.32. The number of rotatable bonds is 6. The van der Waals surface area contributed by atoms with E-state index in [1.54, 1.807) is 20.3 Å². The molecule has 0 spiro atoms. The molecule has 0 aliphatic heterocycles. The number of thiophene rings is 1. The van der Waals surface area contributed by atoms with Crippen molar-refractivity contribution in [3.63, 3.8) is 0 Å². The van der Waals surface area contributed by atoms with Gasteiger partial charge < -0.3 is 14.8 Å². The molecule has 0 saturated carbocycles. The van der Waals surface area contributed by atoms with Crippen LogP contribution in [0.5, 0.6) is 5.88 Å². The zero-order valence-corrected chi connectivity index (χ0v) is 13.0. The highest BCUT2D eigenvalue weighted by Crippen LogP contribution is 2.34. The van der Waals surface area contributed by atoms with Crippen LogP contribution in [-0.4, -0.2) is 36.6 Å². The summed E-state index contributed by atoms with van der Waals surface area (Å²) in [5.74, 6) is 0.843. The van der Waals surface area contributed by atoms with Crippen LogP contribution >= 0.6 is 11.3 Å². The molecule has 0 radical (unpaired) electrons. The molecule has 1 N–H and O–H groups in total. The average molecular weight is 307 g/mol. The zero-order chi connectivity index (χ0) is 15.4. The largest absolute Gasteiger partial charge is 0.480 e. The van der Waals surface area contributed by atoms with Crippen LogP contribution in [0.3, 0.4) is 0 Å². The molecule has 21 heavy (non-hydrogen) atoms. The van der Waals surface area contributed by atoms with E-state index in [1.807, 2.05) is 6.92 Å².